The number of nitrogens with zero attached hydrogens (tertiary/aromatic N) is 1. The van der Waals surface area contributed by atoms with E-state index in [0.717, 1.165) is 18.9 Å². The molecule has 4 rings (SSSR count). The van der Waals surface area contributed by atoms with Crippen LogP contribution < -0.4 is 5.43 Å². The van der Waals surface area contributed by atoms with Crippen LogP contribution in [0, 0.1) is 0 Å². The van der Waals surface area contributed by atoms with E-state index >= 15 is 0 Å². The molecule has 0 bridgehead atoms. The van der Waals surface area contributed by atoms with E-state index in [0.29, 0.717) is 17.3 Å². The zero-order valence-electron chi connectivity index (χ0n) is 15.1. The molecular formula is C19H20N2O6S. The van der Waals surface area contributed by atoms with E-state index in [1.807, 2.05) is 0 Å². The van der Waals surface area contributed by atoms with Gasteiger partial charge in [-0.3, -0.25) is 9.59 Å². The number of aromatic nitrogens is 1. The number of sulfone groups is 1. The number of carbonyl (C=O) groups is 2. The molecule has 2 aliphatic rings. The third kappa shape index (κ3) is 3.80. The van der Waals surface area contributed by atoms with Crippen LogP contribution in [0.15, 0.2) is 35.1 Å². The van der Waals surface area contributed by atoms with Crippen molar-refractivity contribution >= 4 is 32.6 Å². The minimum atomic E-state index is -3.12. The fourth-order valence-electron chi connectivity index (χ4n) is 3.64. The zero-order chi connectivity index (χ0) is 19.9. The first-order valence-corrected chi connectivity index (χ1v) is 11.0. The van der Waals surface area contributed by atoms with Crippen LogP contribution >= 0.6 is 0 Å². The average molecular weight is 404 g/mol. The molecule has 8 nitrogen and oxygen atoms in total. The summed E-state index contributed by atoms with van der Waals surface area (Å²) >= 11 is 0. The van der Waals surface area contributed by atoms with Gasteiger partial charge in [0, 0.05) is 29.1 Å². The molecule has 2 aromatic rings. The summed E-state index contributed by atoms with van der Waals surface area (Å²) in [6.07, 6.45) is 2.07. The second-order valence-corrected chi connectivity index (χ2v) is 9.49. The van der Waals surface area contributed by atoms with E-state index in [1.165, 1.54) is 0 Å². The van der Waals surface area contributed by atoms with E-state index in [-0.39, 0.29) is 34.7 Å². The summed E-state index contributed by atoms with van der Waals surface area (Å²) in [5.74, 6) is -1.17. The molecule has 0 spiro atoms. The Morgan fingerprint density at radius 3 is 2.57 bits per heavy atom. The van der Waals surface area contributed by atoms with Gasteiger partial charge in [0.1, 0.15) is 5.69 Å². The number of hydrogen-bond donors (Lipinski definition) is 1. The van der Waals surface area contributed by atoms with Gasteiger partial charge >= 0.3 is 5.97 Å². The maximum Gasteiger partial charge on any atom is 0.355 e. The predicted octanol–water partition coefficient (Wildman–Crippen LogP) is 0.863. The highest BCUT2D eigenvalue weighted by atomic mass is 32.2. The highest BCUT2D eigenvalue weighted by molar-refractivity contribution is 7.91. The maximum atomic E-state index is 12.6. The van der Waals surface area contributed by atoms with Gasteiger partial charge in [-0.25, -0.2) is 13.2 Å². The largest absolute Gasteiger partial charge is 0.451 e. The van der Waals surface area contributed by atoms with E-state index in [2.05, 4.69) is 4.98 Å². The Kier molecular flexibility index (Phi) is 4.70. The molecule has 1 aromatic carbocycles. The molecule has 28 heavy (non-hydrogen) atoms. The third-order valence-electron chi connectivity index (χ3n) is 5.11. The zero-order valence-corrected chi connectivity index (χ0v) is 15.9. The van der Waals surface area contributed by atoms with E-state index < -0.39 is 28.3 Å². The van der Waals surface area contributed by atoms with Crippen LogP contribution in [-0.4, -0.2) is 60.4 Å². The minimum Gasteiger partial charge on any atom is -0.451 e. The summed E-state index contributed by atoms with van der Waals surface area (Å²) in [5, 5.41) is 0.456. The number of ether oxygens (including phenoxy) is 1. The molecule has 1 saturated carbocycles. The fraction of sp³-hybridized carbons (Fsp3) is 0.421. The van der Waals surface area contributed by atoms with Crippen molar-refractivity contribution < 1.29 is 22.7 Å². The van der Waals surface area contributed by atoms with Crippen molar-refractivity contribution in [1.82, 2.24) is 9.88 Å². The minimum absolute atomic E-state index is 0.0185. The molecule has 1 saturated heterocycles. The van der Waals surface area contributed by atoms with Gasteiger partial charge in [-0.05, 0) is 31.4 Å². The lowest BCUT2D eigenvalue weighted by Crippen LogP contribution is -2.44. The Bertz CT molecular complexity index is 1100. The summed E-state index contributed by atoms with van der Waals surface area (Å²) in [6, 6.07) is 7.60. The number of amides is 1. The third-order valence-corrected chi connectivity index (χ3v) is 6.86. The van der Waals surface area contributed by atoms with Crippen molar-refractivity contribution in [3.8, 4) is 0 Å². The highest BCUT2D eigenvalue weighted by Gasteiger charge is 2.42. The molecule has 1 aromatic heterocycles. The Labute approximate surface area is 161 Å². The number of H-pyrrole nitrogens is 1. The van der Waals surface area contributed by atoms with E-state index in [4.69, 9.17) is 4.74 Å². The van der Waals surface area contributed by atoms with Crippen LogP contribution in [0.5, 0.6) is 0 Å². The number of para-hydroxylation sites is 1. The Hall–Kier alpha value is -2.68. The molecule has 2 heterocycles. The van der Waals surface area contributed by atoms with Crippen LogP contribution in [0.1, 0.15) is 29.8 Å². The molecule has 0 radical (unpaired) electrons. The number of esters is 1. The first-order chi connectivity index (χ1) is 13.3. The second kappa shape index (κ2) is 7.05. The normalized spacial score (nSPS) is 20.8. The van der Waals surface area contributed by atoms with Crippen molar-refractivity contribution in [2.24, 2.45) is 0 Å². The van der Waals surface area contributed by atoms with E-state index in [9.17, 15) is 22.8 Å². The fourth-order valence-corrected chi connectivity index (χ4v) is 5.35. The molecule has 1 aliphatic carbocycles. The molecule has 1 amide bonds. The first kappa shape index (κ1) is 18.7. The van der Waals surface area contributed by atoms with Gasteiger partial charge in [-0.15, -0.1) is 0 Å². The average Bonchev–Trinajstić information content (AvgIpc) is 3.42. The summed E-state index contributed by atoms with van der Waals surface area (Å²) in [6.45, 7) is -0.485. The molecule has 1 aliphatic heterocycles. The van der Waals surface area contributed by atoms with Gasteiger partial charge in [0.2, 0.25) is 0 Å². The number of nitrogens with one attached hydrogen (secondary N) is 1. The molecule has 0 unspecified atom stereocenters. The van der Waals surface area contributed by atoms with Crippen LogP contribution in [-0.2, 0) is 19.4 Å². The standard InChI is InChI=1S/C19H20N2O6S/c22-17-9-16(20-15-4-2-1-3-14(15)17)19(24)27-10-18(23)21(12-5-6-12)13-7-8-28(25,26)11-13/h1-4,9,12-13H,5-8,10-11H2,(H,20,22)/t13-/m1/s1. The van der Waals surface area contributed by atoms with Crippen molar-refractivity contribution in [3.63, 3.8) is 0 Å². The number of fused-ring (bicyclic) bond motifs is 1. The monoisotopic (exact) mass is 404 g/mol. The van der Waals surface area contributed by atoms with Gasteiger partial charge in [0.05, 0.1) is 11.5 Å². The second-order valence-electron chi connectivity index (χ2n) is 7.26. The van der Waals surface area contributed by atoms with Gasteiger partial charge in [0.25, 0.3) is 5.91 Å². The van der Waals surface area contributed by atoms with Gasteiger partial charge in [-0.1, -0.05) is 12.1 Å². The smallest absolute Gasteiger partial charge is 0.355 e. The van der Waals surface area contributed by atoms with E-state index in [1.54, 1.807) is 29.2 Å². The Morgan fingerprint density at radius 2 is 1.89 bits per heavy atom. The van der Waals surface area contributed by atoms with Crippen molar-refractivity contribution in [3.05, 3.63) is 46.2 Å². The molecule has 9 heteroatoms. The number of hydrogen-bond acceptors (Lipinski definition) is 6. The molecule has 2 fully saturated rings. The number of carbonyl (C=O) groups excluding carboxylic acids is 2. The summed E-state index contributed by atoms with van der Waals surface area (Å²) < 4.78 is 28.6. The van der Waals surface area contributed by atoms with Crippen molar-refractivity contribution in [2.75, 3.05) is 18.1 Å². The van der Waals surface area contributed by atoms with Gasteiger partial charge in [0.15, 0.2) is 21.9 Å². The topological polar surface area (TPSA) is 114 Å². The number of pyridine rings is 1. The summed E-state index contributed by atoms with van der Waals surface area (Å²) in [4.78, 5) is 41.5. The molecule has 1 atom stereocenters. The number of aromatic amines is 1. The van der Waals surface area contributed by atoms with Gasteiger partial charge < -0.3 is 14.6 Å². The van der Waals surface area contributed by atoms with Crippen LogP contribution in [0.25, 0.3) is 10.9 Å². The van der Waals surface area contributed by atoms with Crippen LogP contribution in [0.2, 0.25) is 0 Å². The van der Waals surface area contributed by atoms with Crippen molar-refractivity contribution in [1.29, 1.82) is 0 Å². The maximum absolute atomic E-state index is 12.6. The molecular weight excluding hydrogens is 384 g/mol. The highest BCUT2D eigenvalue weighted by Crippen LogP contribution is 2.32. The number of benzene rings is 1. The lowest BCUT2D eigenvalue weighted by atomic mass is 10.2. The Morgan fingerprint density at radius 1 is 1.14 bits per heavy atom. The van der Waals surface area contributed by atoms with Crippen LogP contribution in [0.3, 0.4) is 0 Å². The lowest BCUT2D eigenvalue weighted by molar-refractivity contribution is -0.137. The first-order valence-electron chi connectivity index (χ1n) is 9.15. The summed E-state index contributed by atoms with van der Waals surface area (Å²) in [7, 11) is -3.12. The predicted molar refractivity (Wildman–Crippen MR) is 102 cm³/mol. The Balaban J connectivity index is 1.45. The SMILES string of the molecule is O=C(OCC(=O)N(C1CC1)[C@@H]1CCS(=O)(=O)C1)c1cc(=O)c2ccccc2[nH]1. The van der Waals surface area contributed by atoms with Gasteiger partial charge in [-0.2, -0.15) is 0 Å². The lowest BCUT2D eigenvalue weighted by Gasteiger charge is -2.28. The van der Waals surface area contributed by atoms with Crippen LogP contribution in [0.4, 0.5) is 0 Å². The van der Waals surface area contributed by atoms with Crippen molar-refractivity contribution in [2.45, 2.75) is 31.3 Å². The molecule has 148 valence electrons. The molecule has 1 N–H and O–H groups in total. The summed E-state index contributed by atoms with van der Waals surface area (Å²) in [5.41, 5.74) is 0.158. The quantitative estimate of drug-likeness (QED) is 0.740. The number of rotatable bonds is 5.